The summed E-state index contributed by atoms with van der Waals surface area (Å²) in [5.41, 5.74) is 15.8. The number of nitrogens with one attached hydrogen (secondary N) is 1. The van der Waals surface area contributed by atoms with Gasteiger partial charge in [0.1, 0.15) is 5.78 Å². The van der Waals surface area contributed by atoms with Crippen LogP contribution in [0.1, 0.15) is 19.8 Å². The van der Waals surface area contributed by atoms with Gasteiger partial charge in [0.25, 0.3) is 0 Å². The molecule has 0 aliphatic heterocycles. The molecule has 9 nitrogen and oxygen atoms in total. The summed E-state index contributed by atoms with van der Waals surface area (Å²) >= 11 is 0. The highest BCUT2D eigenvalue weighted by Crippen LogP contribution is 2.39. The third kappa shape index (κ3) is 7.23. The molecule has 0 saturated carbocycles. The predicted octanol–water partition coefficient (Wildman–Crippen LogP) is -1.99. The van der Waals surface area contributed by atoms with E-state index in [1.165, 1.54) is 6.92 Å². The Morgan fingerprint density at radius 2 is 2.00 bits per heavy atom. The van der Waals surface area contributed by atoms with Gasteiger partial charge in [0.15, 0.2) is 5.96 Å². The Labute approximate surface area is 105 Å². The van der Waals surface area contributed by atoms with Crippen molar-refractivity contribution in [3.63, 3.8) is 0 Å². The van der Waals surface area contributed by atoms with Gasteiger partial charge in [-0.15, -0.1) is 0 Å². The molecule has 9 N–H and O–H groups in total. The van der Waals surface area contributed by atoms with Crippen LogP contribution < -0.4 is 22.5 Å². The number of hydrogen-bond donors (Lipinski definition) is 6. The van der Waals surface area contributed by atoms with Crippen LogP contribution in [-0.4, -0.2) is 40.0 Å². The molecule has 106 valence electrons. The van der Waals surface area contributed by atoms with Gasteiger partial charge in [-0.25, -0.2) is 0 Å². The average molecular weight is 281 g/mol. The van der Waals surface area contributed by atoms with Crippen LogP contribution in [0.25, 0.3) is 0 Å². The van der Waals surface area contributed by atoms with E-state index < -0.39 is 25.3 Å². The molecule has 0 rings (SSSR count). The van der Waals surface area contributed by atoms with Gasteiger partial charge in [0.2, 0.25) is 5.91 Å². The largest absolute Gasteiger partial charge is 0.370 e. The van der Waals surface area contributed by atoms with Crippen LogP contribution in [0.4, 0.5) is 0 Å². The van der Waals surface area contributed by atoms with E-state index >= 15 is 0 Å². The second-order valence-electron chi connectivity index (χ2n) is 3.83. The molecule has 0 unspecified atom stereocenters. The van der Waals surface area contributed by atoms with Crippen molar-refractivity contribution in [2.75, 3.05) is 6.54 Å². The molecule has 0 aromatic heterocycles. The maximum atomic E-state index is 11.5. The minimum Gasteiger partial charge on any atom is -0.370 e. The summed E-state index contributed by atoms with van der Waals surface area (Å²) in [6.45, 7) is 1.56. The number of guanidine groups is 1. The van der Waals surface area contributed by atoms with E-state index in [1.54, 1.807) is 0 Å². The first-order chi connectivity index (χ1) is 8.14. The summed E-state index contributed by atoms with van der Waals surface area (Å²) in [7, 11) is -4.34. The van der Waals surface area contributed by atoms with Crippen LogP contribution >= 0.6 is 7.60 Å². The molecule has 0 bridgehead atoms. The molecule has 0 radical (unpaired) electrons. The third-order valence-corrected chi connectivity index (χ3v) is 3.30. The normalized spacial score (nSPS) is 14.7. The summed E-state index contributed by atoms with van der Waals surface area (Å²) < 4.78 is 10.8. The molecule has 0 saturated heterocycles. The van der Waals surface area contributed by atoms with Crippen molar-refractivity contribution in [2.24, 2.45) is 22.2 Å². The van der Waals surface area contributed by atoms with E-state index in [9.17, 15) is 9.36 Å². The van der Waals surface area contributed by atoms with Gasteiger partial charge in [-0.2, -0.15) is 0 Å². The Kier molecular flexibility index (Phi) is 6.85. The lowest BCUT2D eigenvalue weighted by Gasteiger charge is -2.18. The summed E-state index contributed by atoms with van der Waals surface area (Å²) in [6, 6.07) is -0.854. The molecular weight excluding hydrogens is 261 g/mol. The first kappa shape index (κ1) is 16.9. The minimum absolute atomic E-state index is 0.0388. The van der Waals surface area contributed by atoms with Crippen molar-refractivity contribution in [2.45, 2.75) is 31.6 Å². The van der Waals surface area contributed by atoms with Crippen LogP contribution in [0.5, 0.6) is 0 Å². The molecular formula is C8H20N5O4P. The smallest absolute Gasteiger partial charge is 0.347 e. The van der Waals surface area contributed by atoms with E-state index in [-0.39, 0.29) is 5.96 Å². The lowest BCUT2D eigenvalue weighted by atomic mass is 10.1. The van der Waals surface area contributed by atoms with Crippen molar-refractivity contribution in [1.82, 2.24) is 5.32 Å². The number of nitrogens with zero attached hydrogens (tertiary/aromatic N) is 1. The van der Waals surface area contributed by atoms with E-state index in [0.29, 0.717) is 19.4 Å². The van der Waals surface area contributed by atoms with Gasteiger partial charge in [0.05, 0.1) is 6.04 Å². The highest BCUT2D eigenvalue weighted by molar-refractivity contribution is 7.52. The average Bonchev–Trinajstić information content (AvgIpc) is 2.22. The molecule has 0 heterocycles. The quantitative estimate of drug-likeness (QED) is 0.135. The molecule has 0 aliphatic rings. The van der Waals surface area contributed by atoms with Crippen molar-refractivity contribution in [1.29, 1.82) is 0 Å². The lowest BCUT2D eigenvalue weighted by molar-refractivity contribution is -0.122. The molecule has 0 fully saturated rings. The van der Waals surface area contributed by atoms with Crippen LogP contribution in [-0.2, 0) is 9.36 Å². The van der Waals surface area contributed by atoms with Gasteiger partial charge >= 0.3 is 7.60 Å². The molecule has 1 amide bonds. The molecule has 18 heavy (non-hydrogen) atoms. The minimum atomic E-state index is -4.34. The SMILES string of the molecule is C[C@@H](NC(=O)[C@@H](N)CCCN=C(N)N)P(=O)(O)O. The zero-order chi connectivity index (χ0) is 14.3. The van der Waals surface area contributed by atoms with Crippen molar-refractivity contribution >= 4 is 19.5 Å². The highest BCUT2D eigenvalue weighted by atomic mass is 31.2. The van der Waals surface area contributed by atoms with Gasteiger partial charge in [-0.1, -0.05) is 0 Å². The number of rotatable bonds is 7. The second kappa shape index (κ2) is 7.32. The molecule has 0 aliphatic carbocycles. The monoisotopic (exact) mass is 281 g/mol. The van der Waals surface area contributed by atoms with Crippen molar-refractivity contribution in [3.05, 3.63) is 0 Å². The first-order valence-corrected chi connectivity index (χ1v) is 6.99. The van der Waals surface area contributed by atoms with Gasteiger partial charge in [-0.3, -0.25) is 14.4 Å². The fourth-order valence-corrected chi connectivity index (χ4v) is 1.34. The Bertz CT molecular complexity index is 351. The molecule has 0 aromatic rings. The standard InChI is InChI=1S/C8H20N5O4P/c1-5(18(15,16)17)13-7(14)6(9)3-2-4-12-8(10)11/h5-6H,2-4,9H2,1H3,(H,13,14)(H4,10,11,12)(H2,15,16,17)/t5-,6-/m0/s1. The van der Waals surface area contributed by atoms with Crippen molar-refractivity contribution < 1.29 is 19.1 Å². The number of carbonyl (C=O) groups excluding carboxylic acids is 1. The number of hydrogen-bond acceptors (Lipinski definition) is 4. The molecule has 0 spiro atoms. The number of amides is 1. The second-order valence-corrected chi connectivity index (χ2v) is 5.78. The first-order valence-electron chi connectivity index (χ1n) is 5.31. The molecule has 10 heteroatoms. The van der Waals surface area contributed by atoms with E-state index in [1.807, 2.05) is 0 Å². The van der Waals surface area contributed by atoms with Gasteiger partial charge in [-0.05, 0) is 19.8 Å². The maximum Gasteiger partial charge on any atom is 0.347 e. The van der Waals surface area contributed by atoms with Crippen LogP contribution in [0.2, 0.25) is 0 Å². The highest BCUT2D eigenvalue weighted by Gasteiger charge is 2.27. The summed E-state index contributed by atoms with van der Waals surface area (Å²) in [5, 5.41) is 2.16. The van der Waals surface area contributed by atoms with E-state index in [2.05, 4.69) is 10.3 Å². The van der Waals surface area contributed by atoms with Gasteiger partial charge in [0, 0.05) is 6.54 Å². The summed E-state index contributed by atoms with van der Waals surface area (Å²) in [5.74, 6) is -1.91. The third-order valence-electron chi connectivity index (χ3n) is 2.16. The lowest BCUT2D eigenvalue weighted by Crippen LogP contribution is -2.44. The Morgan fingerprint density at radius 3 is 2.44 bits per heavy atom. The van der Waals surface area contributed by atoms with Gasteiger partial charge < -0.3 is 32.3 Å². The number of aliphatic imine (C=N–C) groups is 1. The zero-order valence-corrected chi connectivity index (χ0v) is 11.0. The predicted molar refractivity (Wildman–Crippen MR) is 67.5 cm³/mol. The number of carbonyl (C=O) groups is 1. The molecule has 2 atom stereocenters. The van der Waals surface area contributed by atoms with Crippen LogP contribution in [0.15, 0.2) is 4.99 Å². The maximum absolute atomic E-state index is 11.5. The van der Waals surface area contributed by atoms with E-state index in [4.69, 9.17) is 27.0 Å². The topological polar surface area (TPSA) is 177 Å². The summed E-state index contributed by atoms with van der Waals surface area (Å²) in [6.07, 6.45) is 0.813. The Morgan fingerprint density at radius 1 is 1.44 bits per heavy atom. The Balaban J connectivity index is 4.05. The number of nitrogens with two attached hydrogens (primary N) is 3. The van der Waals surface area contributed by atoms with E-state index in [0.717, 1.165) is 0 Å². The zero-order valence-electron chi connectivity index (χ0n) is 10.1. The van der Waals surface area contributed by atoms with Crippen LogP contribution in [0.3, 0.4) is 0 Å². The molecule has 0 aromatic carbocycles. The summed E-state index contributed by atoms with van der Waals surface area (Å²) in [4.78, 5) is 32.8. The van der Waals surface area contributed by atoms with Crippen molar-refractivity contribution in [3.8, 4) is 0 Å². The van der Waals surface area contributed by atoms with Crippen LogP contribution in [0, 0.1) is 0 Å². The Hall–Kier alpha value is -1.15. The fraction of sp³-hybridized carbons (Fsp3) is 0.750. The fourth-order valence-electron chi connectivity index (χ4n) is 1.05.